The molecule has 0 saturated carbocycles. The summed E-state index contributed by atoms with van der Waals surface area (Å²) < 4.78 is 5.02. The first-order valence-electron chi connectivity index (χ1n) is 3.06. The molecule has 2 aliphatic rings. The number of carbonyl (C=O) groups is 1. The Balaban J connectivity index is 2.28. The minimum atomic E-state index is -0.878. The quantitative estimate of drug-likeness (QED) is 0.531. The van der Waals surface area contributed by atoms with Gasteiger partial charge >= 0.3 is 5.97 Å². The fourth-order valence-electron chi connectivity index (χ4n) is 1.08. The van der Waals surface area contributed by atoms with Gasteiger partial charge in [0.05, 0.1) is 5.57 Å². The number of ether oxygens (including phenoxy) is 1. The summed E-state index contributed by atoms with van der Waals surface area (Å²) in [6.45, 7) is 0. The van der Waals surface area contributed by atoms with Crippen LogP contribution < -0.4 is 0 Å². The Kier molecular flexibility index (Phi) is 0.964. The van der Waals surface area contributed by atoms with E-state index in [-0.39, 0.29) is 12.2 Å². The minimum Gasteiger partial charge on any atom is -0.478 e. The maximum absolute atomic E-state index is 10.4. The van der Waals surface area contributed by atoms with Crippen LogP contribution >= 0.6 is 0 Å². The van der Waals surface area contributed by atoms with Crippen molar-refractivity contribution < 1.29 is 14.6 Å². The molecular formula is C7H6O3. The van der Waals surface area contributed by atoms with Crippen molar-refractivity contribution in [3.63, 3.8) is 0 Å². The van der Waals surface area contributed by atoms with Crippen LogP contribution in [0.25, 0.3) is 0 Å². The van der Waals surface area contributed by atoms with Crippen LogP contribution in [0, 0.1) is 0 Å². The van der Waals surface area contributed by atoms with Crippen molar-refractivity contribution in [2.75, 3.05) is 0 Å². The van der Waals surface area contributed by atoms with Crippen molar-refractivity contribution in [3.05, 3.63) is 23.8 Å². The predicted molar refractivity (Wildman–Crippen MR) is 33.5 cm³/mol. The number of allylic oxidation sites excluding steroid dienone is 2. The van der Waals surface area contributed by atoms with Crippen LogP contribution in [0.3, 0.4) is 0 Å². The number of fused-ring (bicyclic) bond motifs is 1. The summed E-state index contributed by atoms with van der Waals surface area (Å²) in [7, 11) is 0. The molecule has 0 aromatic carbocycles. The number of carboxylic acid groups (broad SMARTS) is 1. The highest BCUT2D eigenvalue weighted by Gasteiger charge is 2.43. The standard InChI is InChI=1S/C7H6O3/c8-7(9)4-2-1-3-5-6(4)10-5/h1-3,5-6H,(H,8,9). The van der Waals surface area contributed by atoms with Crippen LogP contribution in [-0.2, 0) is 9.53 Å². The highest BCUT2D eigenvalue weighted by atomic mass is 16.6. The predicted octanol–water partition coefficient (Wildman–Crippen LogP) is 0.335. The molecule has 1 aliphatic heterocycles. The average molecular weight is 138 g/mol. The molecule has 10 heavy (non-hydrogen) atoms. The summed E-state index contributed by atoms with van der Waals surface area (Å²) in [6, 6.07) is 0. The normalized spacial score (nSPS) is 34.6. The first-order chi connectivity index (χ1) is 4.79. The van der Waals surface area contributed by atoms with Gasteiger partial charge in [-0.25, -0.2) is 4.79 Å². The molecule has 0 bridgehead atoms. The summed E-state index contributed by atoms with van der Waals surface area (Å²) >= 11 is 0. The largest absolute Gasteiger partial charge is 0.478 e. The Hall–Kier alpha value is -1.09. The third-order valence-corrected chi connectivity index (χ3v) is 1.66. The SMILES string of the molecule is O=C(O)C1=CC=CC2OC12. The van der Waals surface area contributed by atoms with E-state index in [1.165, 1.54) is 0 Å². The van der Waals surface area contributed by atoms with E-state index in [0.29, 0.717) is 5.57 Å². The summed E-state index contributed by atoms with van der Waals surface area (Å²) in [6.07, 6.45) is 5.03. The van der Waals surface area contributed by atoms with Crippen molar-refractivity contribution in [2.24, 2.45) is 0 Å². The maximum Gasteiger partial charge on any atom is 0.334 e. The van der Waals surface area contributed by atoms with Gasteiger partial charge < -0.3 is 9.84 Å². The van der Waals surface area contributed by atoms with Crippen molar-refractivity contribution in [2.45, 2.75) is 12.2 Å². The number of carboxylic acids is 1. The van der Waals surface area contributed by atoms with Crippen LogP contribution in [0.1, 0.15) is 0 Å². The van der Waals surface area contributed by atoms with Gasteiger partial charge in [0.2, 0.25) is 0 Å². The van der Waals surface area contributed by atoms with Crippen molar-refractivity contribution >= 4 is 5.97 Å². The summed E-state index contributed by atoms with van der Waals surface area (Å²) in [5.74, 6) is -0.878. The van der Waals surface area contributed by atoms with Crippen molar-refractivity contribution in [1.82, 2.24) is 0 Å². The van der Waals surface area contributed by atoms with Gasteiger partial charge in [0.25, 0.3) is 0 Å². The number of epoxide rings is 1. The Morgan fingerprint density at radius 2 is 2.50 bits per heavy atom. The molecule has 1 heterocycles. The molecule has 0 aromatic rings. The molecular weight excluding hydrogens is 132 g/mol. The summed E-state index contributed by atoms with van der Waals surface area (Å²) in [5, 5.41) is 8.55. The monoisotopic (exact) mass is 138 g/mol. The lowest BCUT2D eigenvalue weighted by Crippen LogP contribution is -2.09. The van der Waals surface area contributed by atoms with Gasteiger partial charge in [0, 0.05) is 0 Å². The first-order valence-corrected chi connectivity index (χ1v) is 3.06. The fourth-order valence-corrected chi connectivity index (χ4v) is 1.08. The van der Waals surface area contributed by atoms with Crippen LogP contribution in [0.4, 0.5) is 0 Å². The number of aliphatic carboxylic acids is 1. The molecule has 0 aromatic heterocycles. The van der Waals surface area contributed by atoms with E-state index < -0.39 is 5.97 Å². The van der Waals surface area contributed by atoms with Crippen LogP contribution in [-0.4, -0.2) is 23.3 Å². The first kappa shape index (κ1) is 5.68. The molecule has 2 atom stereocenters. The second-order valence-electron chi connectivity index (χ2n) is 2.33. The number of hydrogen-bond donors (Lipinski definition) is 1. The Labute approximate surface area is 57.6 Å². The third kappa shape index (κ3) is 0.675. The molecule has 1 aliphatic carbocycles. The second kappa shape index (κ2) is 1.70. The van der Waals surface area contributed by atoms with E-state index in [4.69, 9.17) is 9.84 Å². The lowest BCUT2D eigenvalue weighted by Gasteiger charge is -1.96. The third-order valence-electron chi connectivity index (χ3n) is 1.66. The Morgan fingerprint density at radius 3 is 3.10 bits per heavy atom. The lowest BCUT2D eigenvalue weighted by molar-refractivity contribution is -0.132. The number of hydrogen-bond acceptors (Lipinski definition) is 2. The highest BCUT2D eigenvalue weighted by Crippen LogP contribution is 2.33. The van der Waals surface area contributed by atoms with Crippen molar-refractivity contribution in [1.29, 1.82) is 0 Å². The zero-order valence-electron chi connectivity index (χ0n) is 5.15. The molecule has 3 nitrogen and oxygen atoms in total. The summed E-state index contributed by atoms with van der Waals surface area (Å²) in [5.41, 5.74) is 0.368. The molecule has 3 heteroatoms. The van der Waals surface area contributed by atoms with E-state index in [1.807, 2.05) is 6.08 Å². The van der Waals surface area contributed by atoms with Gasteiger partial charge in [-0.15, -0.1) is 0 Å². The molecule has 0 radical (unpaired) electrons. The Bertz CT molecular complexity index is 239. The zero-order valence-corrected chi connectivity index (χ0v) is 5.15. The van der Waals surface area contributed by atoms with Gasteiger partial charge in [-0.2, -0.15) is 0 Å². The van der Waals surface area contributed by atoms with E-state index in [2.05, 4.69) is 0 Å². The van der Waals surface area contributed by atoms with E-state index in [0.717, 1.165) is 0 Å². The molecule has 52 valence electrons. The van der Waals surface area contributed by atoms with E-state index in [9.17, 15) is 4.79 Å². The molecule has 2 rings (SSSR count). The van der Waals surface area contributed by atoms with Crippen LogP contribution in [0.2, 0.25) is 0 Å². The maximum atomic E-state index is 10.4. The van der Waals surface area contributed by atoms with E-state index >= 15 is 0 Å². The number of rotatable bonds is 1. The van der Waals surface area contributed by atoms with E-state index in [1.54, 1.807) is 12.2 Å². The lowest BCUT2D eigenvalue weighted by atomic mass is 10.1. The van der Waals surface area contributed by atoms with Crippen LogP contribution in [0.5, 0.6) is 0 Å². The summed E-state index contributed by atoms with van der Waals surface area (Å²) in [4.78, 5) is 10.4. The smallest absolute Gasteiger partial charge is 0.334 e. The van der Waals surface area contributed by atoms with Crippen LogP contribution in [0.15, 0.2) is 23.8 Å². The molecule has 1 saturated heterocycles. The van der Waals surface area contributed by atoms with Gasteiger partial charge in [-0.3, -0.25) is 0 Å². The second-order valence-corrected chi connectivity index (χ2v) is 2.33. The molecule has 0 spiro atoms. The topological polar surface area (TPSA) is 49.8 Å². The highest BCUT2D eigenvalue weighted by molar-refractivity contribution is 5.89. The Morgan fingerprint density at radius 1 is 1.70 bits per heavy atom. The van der Waals surface area contributed by atoms with Gasteiger partial charge in [-0.05, 0) is 6.08 Å². The van der Waals surface area contributed by atoms with Crippen molar-refractivity contribution in [3.8, 4) is 0 Å². The van der Waals surface area contributed by atoms with Gasteiger partial charge in [0.1, 0.15) is 12.2 Å². The fraction of sp³-hybridized carbons (Fsp3) is 0.286. The minimum absolute atomic E-state index is 0.0381. The molecule has 2 unspecified atom stereocenters. The average Bonchev–Trinajstić information content (AvgIpc) is 2.63. The molecule has 1 fully saturated rings. The van der Waals surface area contributed by atoms with Gasteiger partial charge in [0.15, 0.2) is 0 Å². The van der Waals surface area contributed by atoms with Gasteiger partial charge in [-0.1, -0.05) is 12.2 Å². The zero-order chi connectivity index (χ0) is 7.14. The molecule has 1 N–H and O–H groups in total. The molecule has 0 amide bonds.